The summed E-state index contributed by atoms with van der Waals surface area (Å²) in [6, 6.07) is 31.8. The molecule has 7 unspecified atom stereocenters. The lowest BCUT2D eigenvalue weighted by Gasteiger charge is -2.51. The minimum atomic E-state index is 0.310. The van der Waals surface area contributed by atoms with Crippen LogP contribution in [0.5, 0.6) is 0 Å². The fourth-order valence-electron chi connectivity index (χ4n) is 10.1. The number of hydrogen-bond donors (Lipinski definition) is 0. The van der Waals surface area contributed by atoms with Crippen molar-refractivity contribution in [2.24, 2.45) is 29.6 Å². The minimum Gasteiger partial charge on any atom is -0.370 e. The molecule has 2 heterocycles. The van der Waals surface area contributed by atoms with Crippen molar-refractivity contribution in [1.29, 1.82) is 0 Å². The molecule has 7 atom stereocenters. The van der Waals surface area contributed by atoms with Crippen LogP contribution in [-0.2, 0) is 0 Å². The fraction of sp³-hybridized carbons (Fsp3) is 0.271. The van der Waals surface area contributed by atoms with Gasteiger partial charge in [-0.05, 0) is 118 Å². The van der Waals surface area contributed by atoms with E-state index < -0.39 is 0 Å². The second-order valence-electron chi connectivity index (χ2n) is 15.1. The molecule has 248 valence electrons. The largest absolute Gasteiger partial charge is 0.370 e. The first-order valence-corrected chi connectivity index (χ1v) is 18.7. The van der Waals surface area contributed by atoms with E-state index in [4.69, 9.17) is 0 Å². The Labute approximate surface area is 297 Å². The van der Waals surface area contributed by atoms with Crippen molar-refractivity contribution >= 4 is 16.3 Å². The lowest BCUT2D eigenvalue weighted by molar-refractivity contribution is 0.184. The van der Waals surface area contributed by atoms with E-state index in [9.17, 15) is 0 Å². The zero-order valence-corrected chi connectivity index (χ0v) is 29.2. The molecule has 0 saturated heterocycles. The molecule has 0 spiro atoms. The van der Waals surface area contributed by atoms with Gasteiger partial charge in [0.25, 0.3) is 0 Å². The van der Waals surface area contributed by atoms with E-state index in [2.05, 4.69) is 164 Å². The lowest BCUT2D eigenvalue weighted by atomic mass is 9.52. The third kappa shape index (κ3) is 5.46. The van der Waals surface area contributed by atoms with Crippen LogP contribution >= 0.6 is 0 Å². The van der Waals surface area contributed by atoms with Crippen LogP contribution < -0.4 is 0 Å². The first-order valence-electron chi connectivity index (χ1n) is 18.7. The normalized spacial score (nSPS) is 28.7. The maximum absolute atomic E-state index is 4.65. The van der Waals surface area contributed by atoms with Gasteiger partial charge in [-0.1, -0.05) is 134 Å². The van der Waals surface area contributed by atoms with Gasteiger partial charge in [0.05, 0.1) is 11.7 Å². The van der Waals surface area contributed by atoms with E-state index in [1.807, 2.05) is 12.3 Å². The first kappa shape index (κ1) is 31.1. The molecule has 0 saturated carbocycles. The van der Waals surface area contributed by atoms with Crippen LogP contribution in [0.25, 0.3) is 27.6 Å². The molecule has 0 fully saturated rings. The van der Waals surface area contributed by atoms with Crippen molar-refractivity contribution in [3.63, 3.8) is 0 Å². The molecule has 4 aromatic rings. The van der Waals surface area contributed by atoms with Crippen LogP contribution in [0.4, 0.5) is 0 Å². The quantitative estimate of drug-likeness (QED) is 0.200. The average molecular weight is 651 g/mol. The molecule has 0 radical (unpaired) electrons. The Morgan fingerprint density at radius 2 is 1.62 bits per heavy atom. The van der Waals surface area contributed by atoms with Gasteiger partial charge >= 0.3 is 0 Å². The number of rotatable bonds is 5. The van der Waals surface area contributed by atoms with Gasteiger partial charge in [-0.3, -0.25) is 4.98 Å². The molecule has 4 aliphatic carbocycles. The third-order valence-electron chi connectivity index (χ3n) is 12.3. The molecule has 0 bridgehead atoms. The summed E-state index contributed by atoms with van der Waals surface area (Å²) >= 11 is 0. The van der Waals surface area contributed by atoms with Crippen LogP contribution in [0, 0.1) is 29.6 Å². The molecular weight excluding hydrogens is 605 g/mol. The molecule has 3 aromatic carbocycles. The van der Waals surface area contributed by atoms with E-state index in [1.54, 1.807) is 11.1 Å². The van der Waals surface area contributed by atoms with Gasteiger partial charge in [-0.25, -0.2) is 0 Å². The predicted octanol–water partition coefficient (Wildman–Crippen LogP) is 11.5. The van der Waals surface area contributed by atoms with Crippen LogP contribution in [-0.4, -0.2) is 23.0 Å². The number of nitrogens with zero attached hydrogens (tertiary/aromatic N) is 2. The van der Waals surface area contributed by atoms with Gasteiger partial charge in [-0.15, -0.1) is 0 Å². The number of allylic oxidation sites excluding steroid dienone is 10. The molecule has 2 heteroatoms. The van der Waals surface area contributed by atoms with Crippen molar-refractivity contribution in [2.45, 2.75) is 44.6 Å². The Bertz CT molecular complexity index is 2120. The maximum atomic E-state index is 4.65. The van der Waals surface area contributed by atoms with E-state index >= 15 is 0 Å². The van der Waals surface area contributed by atoms with E-state index in [0.717, 1.165) is 31.4 Å². The summed E-state index contributed by atoms with van der Waals surface area (Å²) in [4.78, 5) is 6.97. The highest BCUT2D eigenvalue weighted by molar-refractivity contribution is 5.94. The van der Waals surface area contributed by atoms with Gasteiger partial charge in [0.1, 0.15) is 0 Å². The van der Waals surface area contributed by atoms with Crippen molar-refractivity contribution in [1.82, 2.24) is 9.88 Å². The van der Waals surface area contributed by atoms with Crippen LogP contribution in [0.3, 0.4) is 0 Å². The molecule has 0 N–H and O–H groups in total. The molecule has 2 nitrogen and oxygen atoms in total. The van der Waals surface area contributed by atoms with Gasteiger partial charge in [-0.2, -0.15) is 0 Å². The summed E-state index contributed by atoms with van der Waals surface area (Å²) in [6.45, 7) is 2.54. The SMILES string of the molecule is CC1CC(c2cccc3ccccc23)=CC2=C(C3C=CC(C4C=CC=CN4C)=CC3)C3CC=CCC3C(c3ccc(-c4ccccn4)cc3)C21. The van der Waals surface area contributed by atoms with Gasteiger partial charge in [0.15, 0.2) is 0 Å². The van der Waals surface area contributed by atoms with E-state index in [-0.39, 0.29) is 0 Å². The number of benzene rings is 3. The summed E-state index contributed by atoms with van der Waals surface area (Å²) in [5.74, 6) is 3.04. The average Bonchev–Trinajstić information content (AvgIpc) is 3.17. The van der Waals surface area contributed by atoms with E-state index in [1.165, 1.54) is 38.6 Å². The summed E-state index contributed by atoms with van der Waals surface area (Å²) in [6.07, 6.45) is 30.4. The molecule has 0 amide bonds. The molecule has 50 heavy (non-hydrogen) atoms. The minimum absolute atomic E-state index is 0.310. The maximum Gasteiger partial charge on any atom is 0.0717 e. The Morgan fingerprint density at radius 3 is 2.44 bits per heavy atom. The van der Waals surface area contributed by atoms with Gasteiger partial charge in [0, 0.05) is 24.7 Å². The summed E-state index contributed by atoms with van der Waals surface area (Å²) in [7, 11) is 2.19. The smallest absolute Gasteiger partial charge is 0.0717 e. The predicted molar refractivity (Wildman–Crippen MR) is 209 cm³/mol. The van der Waals surface area contributed by atoms with Crippen LogP contribution in [0.1, 0.15) is 49.7 Å². The molecule has 1 aliphatic heterocycles. The number of pyridine rings is 1. The second kappa shape index (κ2) is 13.1. The van der Waals surface area contributed by atoms with Crippen LogP contribution in [0.15, 0.2) is 169 Å². The Hall–Kier alpha value is -4.95. The van der Waals surface area contributed by atoms with Gasteiger partial charge in [0.2, 0.25) is 0 Å². The fourth-order valence-corrected chi connectivity index (χ4v) is 10.1. The monoisotopic (exact) mass is 650 g/mol. The standard InChI is InChI=1S/C48H46N2/c1-32-30-38(40-17-11-13-33-12-3-4-14-39(33)40)31-43-46(32)48(37-24-20-34(21-25-37)44-18-7-9-28-49-44)42-16-6-5-15-41(42)47(43)36-26-22-35(23-27-36)45-19-8-10-29-50(45)2/h3-14,17-26,28-29,31-32,36,41-42,45-46,48H,15-16,27,30H2,1-2H3. The van der Waals surface area contributed by atoms with Crippen molar-refractivity contribution in [3.8, 4) is 11.3 Å². The highest BCUT2D eigenvalue weighted by Gasteiger charge is 2.48. The summed E-state index contributed by atoms with van der Waals surface area (Å²) in [5.41, 5.74) is 11.4. The topological polar surface area (TPSA) is 16.1 Å². The Balaban J connectivity index is 1.18. The summed E-state index contributed by atoms with van der Waals surface area (Å²) < 4.78 is 0. The first-order chi connectivity index (χ1) is 24.6. The molecular formula is C48H46N2. The highest BCUT2D eigenvalue weighted by atomic mass is 15.1. The Morgan fingerprint density at radius 1 is 0.780 bits per heavy atom. The molecule has 1 aromatic heterocycles. The highest BCUT2D eigenvalue weighted by Crippen LogP contribution is 2.59. The Kier molecular flexibility index (Phi) is 8.12. The van der Waals surface area contributed by atoms with Crippen molar-refractivity contribution in [2.75, 3.05) is 7.05 Å². The lowest BCUT2D eigenvalue weighted by Crippen LogP contribution is -2.41. The zero-order valence-electron chi connectivity index (χ0n) is 29.2. The number of hydrogen-bond acceptors (Lipinski definition) is 2. The molecule has 9 rings (SSSR count). The zero-order chi connectivity index (χ0) is 33.6. The van der Waals surface area contributed by atoms with Crippen molar-refractivity contribution < 1.29 is 0 Å². The van der Waals surface area contributed by atoms with E-state index in [0.29, 0.717) is 41.5 Å². The van der Waals surface area contributed by atoms with Gasteiger partial charge < -0.3 is 4.90 Å². The summed E-state index contributed by atoms with van der Waals surface area (Å²) in [5, 5.41) is 2.69. The number of likely N-dealkylation sites (N-methyl/N-ethyl adjacent to an activating group) is 1. The number of aromatic nitrogens is 1. The second-order valence-corrected chi connectivity index (χ2v) is 15.1. The van der Waals surface area contributed by atoms with Crippen LogP contribution in [0.2, 0.25) is 0 Å². The third-order valence-corrected chi connectivity index (χ3v) is 12.3. The van der Waals surface area contributed by atoms with Crippen molar-refractivity contribution in [3.05, 3.63) is 180 Å². The molecule has 5 aliphatic rings. The number of fused-ring (bicyclic) bond motifs is 3.